The lowest BCUT2D eigenvalue weighted by atomic mass is 9.78. The molecule has 1 aliphatic rings. The normalized spacial score (nSPS) is 25.4. The Bertz CT molecular complexity index is 331. The first-order chi connectivity index (χ1) is 7.32. The molecule has 0 N–H and O–H groups in total. The maximum atomic E-state index is 12.4. The van der Waals surface area contributed by atoms with Crippen molar-refractivity contribution in [1.29, 1.82) is 0 Å². The molecule has 1 atom stereocenters. The van der Waals surface area contributed by atoms with Crippen molar-refractivity contribution in [1.82, 2.24) is 0 Å². The van der Waals surface area contributed by atoms with Gasteiger partial charge in [-0.05, 0) is 30.4 Å². The number of allylic oxidation sites excluding steroid dienone is 2. The van der Waals surface area contributed by atoms with Gasteiger partial charge < -0.3 is 4.74 Å². The number of carbonyl (C=O) groups is 1. The van der Waals surface area contributed by atoms with Crippen molar-refractivity contribution in [3.63, 3.8) is 0 Å². The molecule has 1 rings (SSSR count). The average molecular weight is 222 g/mol. The van der Waals surface area contributed by atoms with Gasteiger partial charge >= 0.3 is 0 Å². The highest BCUT2D eigenvalue weighted by molar-refractivity contribution is 5.93. The molecule has 1 unspecified atom stereocenters. The summed E-state index contributed by atoms with van der Waals surface area (Å²) in [6.45, 7) is 8.17. The van der Waals surface area contributed by atoms with Gasteiger partial charge in [-0.1, -0.05) is 32.9 Å². The molecule has 90 valence electrons. The van der Waals surface area contributed by atoms with E-state index in [0.717, 1.165) is 12.0 Å². The number of rotatable bonds is 3. The summed E-state index contributed by atoms with van der Waals surface area (Å²) >= 11 is 0. The first kappa shape index (κ1) is 13.2. The lowest BCUT2D eigenvalue weighted by molar-refractivity contribution is -0.134. The summed E-state index contributed by atoms with van der Waals surface area (Å²) in [5.41, 5.74) is 0.187. The molecule has 0 aromatic rings. The van der Waals surface area contributed by atoms with E-state index < -0.39 is 5.60 Å². The Labute approximate surface area is 98.4 Å². The summed E-state index contributed by atoms with van der Waals surface area (Å²) in [6.07, 6.45) is 7.37. The SMILES string of the molecule is COC1(C(=O)CC(C)(C)C)C=CCC=C1C. The number of hydrogen-bond acceptors (Lipinski definition) is 2. The van der Waals surface area contributed by atoms with Crippen molar-refractivity contribution >= 4 is 5.78 Å². The third kappa shape index (κ3) is 2.62. The Kier molecular flexibility index (Phi) is 3.74. The predicted molar refractivity (Wildman–Crippen MR) is 66.3 cm³/mol. The third-order valence-electron chi connectivity index (χ3n) is 2.93. The molecule has 16 heavy (non-hydrogen) atoms. The van der Waals surface area contributed by atoms with Gasteiger partial charge in [-0.2, -0.15) is 0 Å². The largest absolute Gasteiger partial charge is 0.362 e. The molecule has 0 bridgehead atoms. The topological polar surface area (TPSA) is 26.3 Å². The molecular weight excluding hydrogens is 200 g/mol. The van der Waals surface area contributed by atoms with Crippen molar-refractivity contribution in [2.75, 3.05) is 7.11 Å². The minimum absolute atomic E-state index is 0.00577. The molecule has 2 heteroatoms. The van der Waals surface area contributed by atoms with E-state index in [1.807, 2.05) is 19.1 Å². The first-order valence-electron chi connectivity index (χ1n) is 5.75. The summed E-state index contributed by atoms with van der Waals surface area (Å²) in [4.78, 5) is 12.4. The predicted octanol–water partition coefficient (Wildman–Crippen LogP) is 3.28. The second kappa shape index (κ2) is 4.54. The van der Waals surface area contributed by atoms with Crippen LogP contribution in [-0.4, -0.2) is 18.5 Å². The summed E-state index contributed by atoms with van der Waals surface area (Å²) in [7, 11) is 1.60. The van der Waals surface area contributed by atoms with Crippen molar-refractivity contribution in [3.8, 4) is 0 Å². The smallest absolute Gasteiger partial charge is 0.173 e. The molecule has 0 heterocycles. The fraction of sp³-hybridized carbons (Fsp3) is 0.643. The lowest BCUT2D eigenvalue weighted by Gasteiger charge is -2.33. The van der Waals surface area contributed by atoms with Crippen molar-refractivity contribution < 1.29 is 9.53 Å². The van der Waals surface area contributed by atoms with Crippen LogP contribution in [0.15, 0.2) is 23.8 Å². The van der Waals surface area contributed by atoms with E-state index in [1.54, 1.807) is 7.11 Å². The van der Waals surface area contributed by atoms with E-state index in [9.17, 15) is 4.79 Å². The van der Waals surface area contributed by atoms with Gasteiger partial charge in [-0.25, -0.2) is 0 Å². The monoisotopic (exact) mass is 222 g/mol. The zero-order valence-electron chi connectivity index (χ0n) is 11.0. The van der Waals surface area contributed by atoms with Crippen LogP contribution in [0.25, 0.3) is 0 Å². The number of carbonyl (C=O) groups excluding carboxylic acids is 1. The number of Topliss-reactive ketones (excluding diaryl/α,β-unsaturated/α-hetero) is 1. The van der Waals surface area contributed by atoms with Gasteiger partial charge in [0.05, 0.1) is 0 Å². The standard InChI is InChI=1S/C14H22O2/c1-11-8-6-7-9-14(11,16-5)12(15)10-13(2,3)4/h7-9H,6,10H2,1-5H3. The maximum Gasteiger partial charge on any atom is 0.173 e. The van der Waals surface area contributed by atoms with Crippen molar-refractivity contribution in [3.05, 3.63) is 23.8 Å². The molecule has 0 aromatic carbocycles. The molecule has 0 saturated carbocycles. The molecule has 0 saturated heterocycles. The van der Waals surface area contributed by atoms with Crippen LogP contribution in [0.2, 0.25) is 0 Å². The van der Waals surface area contributed by atoms with E-state index in [-0.39, 0.29) is 11.2 Å². The second-order valence-corrected chi connectivity index (χ2v) is 5.63. The van der Waals surface area contributed by atoms with E-state index in [0.29, 0.717) is 6.42 Å². The van der Waals surface area contributed by atoms with Crippen molar-refractivity contribution in [2.45, 2.75) is 46.1 Å². The number of hydrogen-bond donors (Lipinski definition) is 0. The zero-order chi connectivity index (χ0) is 12.4. The Morgan fingerprint density at radius 2 is 2.12 bits per heavy atom. The Morgan fingerprint density at radius 1 is 1.50 bits per heavy atom. The van der Waals surface area contributed by atoms with Gasteiger partial charge in [0.15, 0.2) is 11.4 Å². The van der Waals surface area contributed by atoms with E-state index in [1.165, 1.54) is 0 Å². The highest BCUT2D eigenvalue weighted by Gasteiger charge is 2.39. The first-order valence-corrected chi connectivity index (χ1v) is 5.75. The lowest BCUT2D eigenvalue weighted by Crippen LogP contribution is -2.42. The summed E-state index contributed by atoms with van der Waals surface area (Å²) in [6, 6.07) is 0. The van der Waals surface area contributed by atoms with Crippen LogP contribution in [0.4, 0.5) is 0 Å². The Morgan fingerprint density at radius 3 is 2.56 bits per heavy atom. The second-order valence-electron chi connectivity index (χ2n) is 5.63. The van der Waals surface area contributed by atoms with Crippen LogP contribution >= 0.6 is 0 Å². The number of ether oxygens (including phenoxy) is 1. The maximum absolute atomic E-state index is 12.4. The number of ketones is 1. The zero-order valence-corrected chi connectivity index (χ0v) is 11.0. The van der Waals surface area contributed by atoms with Crippen LogP contribution in [0.1, 0.15) is 40.5 Å². The van der Waals surface area contributed by atoms with Gasteiger partial charge in [0.2, 0.25) is 0 Å². The van der Waals surface area contributed by atoms with E-state index in [4.69, 9.17) is 4.74 Å². The third-order valence-corrected chi connectivity index (χ3v) is 2.93. The fourth-order valence-corrected chi connectivity index (χ4v) is 2.03. The van der Waals surface area contributed by atoms with Crippen molar-refractivity contribution in [2.24, 2.45) is 5.41 Å². The highest BCUT2D eigenvalue weighted by Crippen LogP contribution is 2.32. The minimum atomic E-state index is -0.814. The van der Waals surface area contributed by atoms with E-state index in [2.05, 4.69) is 26.8 Å². The van der Waals surface area contributed by atoms with Gasteiger partial charge in [0.1, 0.15) is 0 Å². The van der Waals surface area contributed by atoms with Crippen LogP contribution < -0.4 is 0 Å². The molecule has 0 radical (unpaired) electrons. The quantitative estimate of drug-likeness (QED) is 0.685. The fourth-order valence-electron chi connectivity index (χ4n) is 2.03. The van der Waals surface area contributed by atoms with Crippen LogP contribution in [0.5, 0.6) is 0 Å². The molecule has 2 nitrogen and oxygen atoms in total. The Balaban J connectivity index is 2.97. The van der Waals surface area contributed by atoms with Gasteiger partial charge in [-0.3, -0.25) is 4.79 Å². The summed E-state index contributed by atoms with van der Waals surface area (Å²) in [5, 5.41) is 0. The molecule has 0 fully saturated rings. The molecule has 0 spiro atoms. The molecule has 0 aliphatic heterocycles. The molecule has 0 amide bonds. The summed E-state index contributed by atoms with van der Waals surface area (Å²) in [5.74, 6) is 0.146. The van der Waals surface area contributed by atoms with Crippen LogP contribution in [0, 0.1) is 5.41 Å². The van der Waals surface area contributed by atoms with Crippen LogP contribution in [-0.2, 0) is 9.53 Å². The van der Waals surface area contributed by atoms with Gasteiger partial charge in [-0.15, -0.1) is 0 Å². The minimum Gasteiger partial charge on any atom is -0.362 e. The average Bonchev–Trinajstić information content (AvgIpc) is 2.16. The Hall–Kier alpha value is -0.890. The molecule has 1 aliphatic carbocycles. The summed E-state index contributed by atoms with van der Waals surface area (Å²) < 4.78 is 5.49. The van der Waals surface area contributed by atoms with Gasteiger partial charge in [0, 0.05) is 13.5 Å². The van der Waals surface area contributed by atoms with Crippen LogP contribution in [0.3, 0.4) is 0 Å². The van der Waals surface area contributed by atoms with Gasteiger partial charge in [0.25, 0.3) is 0 Å². The molecule has 0 aromatic heterocycles. The molecular formula is C14H22O2. The number of methoxy groups -OCH3 is 1. The van der Waals surface area contributed by atoms with E-state index >= 15 is 0 Å². The highest BCUT2D eigenvalue weighted by atomic mass is 16.5.